The molecule has 0 bridgehead atoms. The highest BCUT2D eigenvalue weighted by Crippen LogP contribution is 2.29. The van der Waals surface area contributed by atoms with Crippen molar-refractivity contribution in [3.05, 3.63) is 58.1 Å². The molecule has 3 nitrogen and oxygen atoms in total. The van der Waals surface area contributed by atoms with E-state index < -0.39 is 6.10 Å². The molecule has 0 saturated carbocycles. The van der Waals surface area contributed by atoms with E-state index in [1.165, 1.54) is 0 Å². The highest BCUT2D eigenvalue weighted by molar-refractivity contribution is 6.35. The molecule has 0 saturated heterocycles. The van der Waals surface area contributed by atoms with Crippen LogP contribution in [0.3, 0.4) is 0 Å². The van der Waals surface area contributed by atoms with Crippen molar-refractivity contribution in [3.8, 4) is 5.75 Å². The summed E-state index contributed by atoms with van der Waals surface area (Å²) in [5.41, 5.74) is 1.93. The Labute approximate surface area is 152 Å². The lowest BCUT2D eigenvalue weighted by molar-refractivity contribution is -0.122. The average Bonchev–Trinajstić information content (AvgIpc) is 2.57. The number of rotatable bonds is 6. The van der Waals surface area contributed by atoms with Crippen molar-refractivity contribution < 1.29 is 9.53 Å². The van der Waals surface area contributed by atoms with Crippen molar-refractivity contribution >= 4 is 34.8 Å². The third-order valence-electron chi connectivity index (χ3n) is 3.93. The van der Waals surface area contributed by atoms with Crippen LogP contribution in [0.25, 0.3) is 0 Å². The van der Waals surface area contributed by atoms with Crippen molar-refractivity contribution in [2.75, 3.05) is 5.32 Å². The van der Waals surface area contributed by atoms with Crippen LogP contribution in [0.2, 0.25) is 10.0 Å². The maximum atomic E-state index is 12.5. The zero-order chi connectivity index (χ0) is 17.7. The molecule has 24 heavy (non-hydrogen) atoms. The van der Waals surface area contributed by atoms with E-state index in [0.29, 0.717) is 21.7 Å². The SMILES string of the molecule is CC[C@H](C)c1ccccc1NC(=O)[C@@H](C)Oc1ccc(Cl)cc1Cl. The lowest BCUT2D eigenvalue weighted by Crippen LogP contribution is -2.30. The van der Waals surface area contributed by atoms with E-state index in [-0.39, 0.29) is 5.91 Å². The minimum absolute atomic E-state index is 0.225. The second kappa shape index (κ2) is 8.41. The van der Waals surface area contributed by atoms with Crippen LogP contribution in [0.5, 0.6) is 5.75 Å². The Kier molecular flexibility index (Phi) is 6.52. The second-order valence-electron chi connectivity index (χ2n) is 5.72. The summed E-state index contributed by atoms with van der Waals surface area (Å²) in [4.78, 5) is 12.5. The van der Waals surface area contributed by atoms with Gasteiger partial charge in [-0.2, -0.15) is 0 Å². The molecule has 0 unspecified atom stereocenters. The van der Waals surface area contributed by atoms with Gasteiger partial charge in [-0.25, -0.2) is 0 Å². The molecule has 2 aromatic carbocycles. The van der Waals surface area contributed by atoms with Crippen LogP contribution in [0.4, 0.5) is 5.69 Å². The zero-order valence-corrected chi connectivity index (χ0v) is 15.5. The predicted octanol–water partition coefficient (Wildman–Crippen LogP) is 5.91. The highest BCUT2D eigenvalue weighted by Gasteiger charge is 2.18. The maximum absolute atomic E-state index is 12.5. The normalized spacial score (nSPS) is 13.2. The number of carbonyl (C=O) groups excluding carboxylic acids is 1. The molecule has 0 aliphatic rings. The molecule has 1 amide bonds. The Morgan fingerprint density at radius 1 is 1.17 bits per heavy atom. The fourth-order valence-corrected chi connectivity index (χ4v) is 2.76. The number of para-hydroxylation sites is 1. The summed E-state index contributed by atoms with van der Waals surface area (Å²) in [5, 5.41) is 3.84. The number of benzene rings is 2. The van der Waals surface area contributed by atoms with Gasteiger partial charge in [-0.1, -0.05) is 55.2 Å². The van der Waals surface area contributed by atoms with Crippen molar-refractivity contribution in [3.63, 3.8) is 0 Å². The van der Waals surface area contributed by atoms with Crippen molar-refractivity contribution in [2.45, 2.75) is 39.2 Å². The summed E-state index contributed by atoms with van der Waals surface area (Å²) < 4.78 is 5.66. The topological polar surface area (TPSA) is 38.3 Å². The first-order chi connectivity index (χ1) is 11.4. The Hall–Kier alpha value is -1.71. The van der Waals surface area contributed by atoms with E-state index in [9.17, 15) is 4.79 Å². The Morgan fingerprint density at radius 3 is 2.54 bits per heavy atom. The first kappa shape index (κ1) is 18.6. The van der Waals surface area contributed by atoms with Gasteiger partial charge in [-0.15, -0.1) is 0 Å². The number of carbonyl (C=O) groups is 1. The molecule has 0 heterocycles. The molecule has 0 aliphatic carbocycles. The van der Waals surface area contributed by atoms with E-state index in [2.05, 4.69) is 19.2 Å². The molecule has 0 aromatic heterocycles. The van der Waals surface area contributed by atoms with Gasteiger partial charge in [0.05, 0.1) is 5.02 Å². The van der Waals surface area contributed by atoms with E-state index in [0.717, 1.165) is 17.7 Å². The summed E-state index contributed by atoms with van der Waals surface area (Å²) in [5.74, 6) is 0.569. The summed E-state index contributed by atoms with van der Waals surface area (Å²) in [7, 11) is 0. The minimum atomic E-state index is -0.686. The number of nitrogens with one attached hydrogen (secondary N) is 1. The van der Waals surface area contributed by atoms with Gasteiger partial charge in [0.15, 0.2) is 6.10 Å². The number of halogens is 2. The first-order valence-corrected chi connectivity index (χ1v) is 8.69. The molecule has 2 rings (SSSR count). The Morgan fingerprint density at radius 2 is 1.88 bits per heavy atom. The Balaban J connectivity index is 2.09. The predicted molar refractivity (Wildman–Crippen MR) is 100 cm³/mol. The largest absolute Gasteiger partial charge is 0.479 e. The molecule has 0 spiro atoms. The summed E-state index contributed by atoms with van der Waals surface area (Å²) in [6, 6.07) is 12.7. The van der Waals surface area contributed by atoms with Crippen molar-refractivity contribution in [1.82, 2.24) is 0 Å². The zero-order valence-electron chi connectivity index (χ0n) is 14.0. The maximum Gasteiger partial charge on any atom is 0.265 e. The van der Waals surface area contributed by atoms with Gasteiger partial charge in [-0.05, 0) is 49.1 Å². The number of amides is 1. The molecular weight excluding hydrogens is 345 g/mol. The fraction of sp³-hybridized carbons (Fsp3) is 0.316. The summed E-state index contributed by atoms with van der Waals surface area (Å²) in [6.07, 6.45) is 0.313. The molecule has 0 fully saturated rings. The fourth-order valence-electron chi connectivity index (χ4n) is 2.31. The lowest BCUT2D eigenvalue weighted by atomic mass is 9.97. The van der Waals surface area contributed by atoms with Crippen LogP contribution < -0.4 is 10.1 Å². The van der Waals surface area contributed by atoms with Crippen LogP contribution in [-0.4, -0.2) is 12.0 Å². The van der Waals surface area contributed by atoms with Gasteiger partial charge in [0.2, 0.25) is 0 Å². The van der Waals surface area contributed by atoms with E-state index in [4.69, 9.17) is 27.9 Å². The molecule has 0 aliphatic heterocycles. The van der Waals surface area contributed by atoms with Gasteiger partial charge < -0.3 is 10.1 Å². The lowest BCUT2D eigenvalue weighted by Gasteiger charge is -2.19. The quantitative estimate of drug-likeness (QED) is 0.690. The van der Waals surface area contributed by atoms with Gasteiger partial charge in [0.25, 0.3) is 5.91 Å². The van der Waals surface area contributed by atoms with Crippen molar-refractivity contribution in [2.24, 2.45) is 0 Å². The molecule has 2 aromatic rings. The molecule has 1 N–H and O–H groups in total. The standard InChI is InChI=1S/C19H21Cl2NO2/c1-4-12(2)15-7-5-6-8-17(15)22-19(23)13(3)24-18-10-9-14(20)11-16(18)21/h5-13H,4H2,1-3H3,(H,22,23)/t12-,13+/m0/s1. The van der Waals surface area contributed by atoms with Crippen molar-refractivity contribution in [1.29, 1.82) is 0 Å². The average molecular weight is 366 g/mol. The van der Waals surface area contributed by atoms with Crippen LogP contribution >= 0.6 is 23.2 Å². The number of hydrogen-bond acceptors (Lipinski definition) is 2. The monoisotopic (exact) mass is 365 g/mol. The second-order valence-corrected chi connectivity index (χ2v) is 6.56. The van der Waals surface area contributed by atoms with Gasteiger partial charge >= 0.3 is 0 Å². The number of anilines is 1. The minimum Gasteiger partial charge on any atom is -0.479 e. The molecular formula is C19H21Cl2NO2. The third-order valence-corrected chi connectivity index (χ3v) is 4.46. The molecule has 0 radical (unpaired) electrons. The van der Waals surface area contributed by atoms with Crippen LogP contribution in [0.15, 0.2) is 42.5 Å². The van der Waals surface area contributed by atoms with Crippen LogP contribution in [0, 0.1) is 0 Å². The molecule has 128 valence electrons. The number of hydrogen-bond donors (Lipinski definition) is 1. The summed E-state index contributed by atoms with van der Waals surface area (Å²) >= 11 is 11.9. The number of ether oxygens (including phenoxy) is 1. The van der Waals surface area contributed by atoms with Gasteiger partial charge in [0.1, 0.15) is 5.75 Å². The highest BCUT2D eigenvalue weighted by atomic mass is 35.5. The third kappa shape index (κ3) is 4.65. The molecule has 5 heteroatoms. The first-order valence-electron chi connectivity index (χ1n) is 7.93. The van der Waals surface area contributed by atoms with E-state index in [1.807, 2.05) is 24.3 Å². The Bertz CT molecular complexity index is 718. The van der Waals surface area contributed by atoms with E-state index >= 15 is 0 Å². The van der Waals surface area contributed by atoms with Crippen LogP contribution in [0.1, 0.15) is 38.7 Å². The van der Waals surface area contributed by atoms with Crippen LogP contribution in [-0.2, 0) is 4.79 Å². The summed E-state index contributed by atoms with van der Waals surface area (Å²) in [6.45, 7) is 5.95. The van der Waals surface area contributed by atoms with E-state index in [1.54, 1.807) is 25.1 Å². The smallest absolute Gasteiger partial charge is 0.265 e. The van der Waals surface area contributed by atoms with Gasteiger partial charge in [0, 0.05) is 10.7 Å². The van der Waals surface area contributed by atoms with Gasteiger partial charge in [-0.3, -0.25) is 4.79 Å². The molecule has 2 atom stereocenters.